The number of benzene rings is 2. The highest BCUT2D eigenvalue weighted by atomic mass is 19.1. The van der Waals surface area contributed by atoms with Gasteiger partial charge in [-0.05, 0) is 70.2 Å². The first-order chi connectivity index (χ1) is 24.7. The van der Waals surface area contributed by atoms with Gasteiger partial charge in [-0.1, -0.05) is 36.6 Å². The quantitative estimate of drug-likeness (QED) is 0.205. The molecule has 0 spiro atoms. The summed E-state index contributed by atoms with van der Waals surface area (Å²) in [6.07, 6.45) is 11.5. The number of hydrogen-bond donors (Lipinski definition) is 0. The van der Waals surface area contributed by atoms with E-state index >= 15 is 4.39 Å². The van der Waals surface area contributed by atoms with E-state index in [1.54, 1.807) is 36.1 Å². The Hall–Kier alpha value is -5.05. The molecule has 4 atom stereocenters. The third-order valence-electron chi connectivity index (χ3n) is 10.6. The van der Waals surface area contributed by atoms with E-state index < -0.39 is 17.2 Å². The molecule has 2 aromatic carbocycles. The topological polar surface area (TPSA) is 101 Å². The van der Waals surface area contributed by atoms with Crippen LogP contribution < -0.4 is 9.64 Å². The third kappa shape index (κ3) is 7.05. The van der Waals surface area contributed by atoms with Gasteiger partial charge in [-0.2, -0.15) is 9.97 Å². The number of anilines is 1. The van der Waals surface area contributed by atoms with Crippen LogP contribution in [0.2, 0.25) is 0 Å². The summed E-state index contributed by atoms with van der Waals surface area (Å²) in [6.45, 7) is 11.7. The van der Waals surface area contributed by atoms with E-state index in [4.69, 9.17) is 15.9 Å². The van der Waals surface area contributed by atoms with E-state index in [0.29, 0.717) is 40.5 Å². The van der Waals surface area contributed by atoms with Gasteiger partial charge in [0.25, 0.3) is 0 Å². The van der Waals surface area contributed by atoms with Gasteiger partial charge in [0, 0.05) is 50.8 Å². The summed E-state index contributed by atoms with van der Waals surface area (Å²) in [5.74, 6) is 3.46. The highest BCUT2D eigenvalue weighted by Crippen LogP contribution is 2.39. The van der Waals surface area contributed by atoms with Crippen molar-refractivity contribution in [2.45, 2.75) is 78.0 Å². The summed E-state index contributed by atoms with van der Waals surface area (Å²) >= 11 is 0. The summed E-state index contributed by atoms with van der Waals surface area (Å²) in [6, 6.07) is 7.66. The molecule has 4 unspecified atom stereocenters. The van der Waals surface area contributed by atoms with Gasteiger partial charge in [0.2, 0.25) is 5.91 Å². The number of methoxy groups -OCH3 is 1. The Kier molecular flexibility index (Phi) is 10.3. The molecule has 12 heteroatoms. The first-order valence-corrected chi connectivity index (χ1v) is 17.8. The fraction of sp³-hybridized carbons (Fsp3) is 0.475. The van der Waals surface area contributed by atoms with Gasteiger partial charge in [-0.25, -0.2) is 13.6 Å². The average molecular weight is 713 g/mol. The zero-order valence-corrected chi connectivity index (χ0v) is 30.9. The summed E-state index contributed by atoms with van der Waals surface area (Å²) in [5.41, 5.74) is -0.266. The zero-order chi connectivity index (χ0) is 37.5. The van der Waals surface area contributed by atoms with Crippen LogP contribution in [-0.4, -0.2) is 88.2 Å². The maximum atomic E-state index is 16.3. The molecule has 2 amide bonds. The number of terminal acetylenes is 1. The van der Waals surface area contributed by atoms with Crippen molar-refractivity contribution in [3.05, 3.63) is 53.7 Å². The van der Waals surface area contributed by atoms with E-state index in [2.05, 4.69) is 20.9 Å². The lowest BCUT2D eigenvalue weighted by atomic mass is 9.96. The Morgan fingerprint density at radius 1 is 1.06 bits per heavy atom. The minimum absolute atomic E-state index is 0.00554. The number of likely N-dealkylation sites (N-methyl/N-ethyl adjacent to an activating group) is 1. The number of carbonyl (C=O) groups is 2. The van der Waals surface area contributed by atoms with E-state index in [0.717, 1.165) is 24.9 Å². The first kappa shape index (κ1) is 36.7. The van der Waals surface area contributed by atoms with Crippen molar-refractivity contribution < 1.29 is 27.8 Å². The normalized spacial score (nSPS) is 21.1. The number of pyridine rings is 1. The Morgan fingerprint density at radius 2 is 1.77 bits per heavy atom. The van der Waals surface area contributed by atoms with Gasteiger partial charge in [-0.15, -0.1) is 6.42 Å². The van der Waals surface area contributed by atoms with Gasteiger partial charge in [0.15, 0.2) is 5.82 Å². The molecule has 2 saturated heterocycles. The van der Waals surface area contributed by atoms with Crippen molar-refractivity contribution in [2.24, 2.45) is 11.8 Å². The van der Waals surface area contributed by atoms with E-state index in [1.807, 2.05) is 44.5 Å². The molecule has 0 radical (unpaired) electrons. The molecule has 1 saturated carbocycles. The number of halogens is 2. The van der Waals surface area contributed by atoms with Crippen molar-refractivity contribution in [1.82, 2.24) is 24.8 Å². The van der Waals surface area contributed by atoms with Crippen LogP contribution in [-0.2, 0) is 9.53 Å². The fourth-order valence-electron chi connectivity index (χ4n) is 7.93. The first-order valence-electron chi connectivity index (χ1n) is 17.8. The van der Waals surface area contributed by atoms with Crippen LogP contribution in [0.15, 0.2) is 36.5 Å². The summed E-state index contributed by atoms with van der Waals surface area (Å²) in [4.78, 5) is 42.7. The van der Waals surface area contributed by atoms with Gasteiger partial charge >= 0.3 is 12.1 Å². The second kappa shape index (κ2) is 14.5. The zero-order valence-electron chi connectivity index (χ0n) is 30.9. The van der Waals surface area contributed by atoms with Crippen LogP contribution in [0.4, 0.5) is 19.4 Å². The number of hydrogen-bond acceptors (Lipinski definition) is 8. The second-order valence-corrected chi connectivity index (χ2v) is 14.9. The molecule has 0 bridgehead atoms. The minimum Gasteiger partial charge on any atom is -0.467 e. The largest absolute Gasteiger partial charge is 0.467 e. The Labute approximate surface area is 303 Å². The molecule has 3 fully saturated rings. The van der Waals surface area contributed by atoms with Crippen LogP contribution in [0.3, 0.4) is 0 Å². The van der Waals surface area contributed by atoms with Crippen molar-refractivity contribution in [1.29, 1.82) is 0 Å². The lowest BCUT2D eigenvalue weighted by Crippen LogP contribution is -2.45. The molecule has 4 heterocycles. The molecule has 7 rings (SSSR count). The van der Waals surface area contributed by atoms with Crippen molar-refractivity contribution >= 4 is 39.5 Å². The minimum atomic E-state index is -0.715. The van der Waals surface area contributed by atoms with E-state index in [1.165, 1.54) is 38.6 Å². The van der Waals surface area contributed by atoms with Crippen molar-refractivity contribution in [3.8, 4) is 29.6 Å². The Morgan fingerprint density at radius 3 is 2.40 bits per heavy atom. The predicted octanol–water partition coefficient (Wildman–Crippen LogP) is 7.21. The van der Waals surface area contributed by atoms with Crippen LogP contribution in [0, 0.1) is 35.8 Å². The maximum absolute atomic E-state index is 16.3. The Balaban J connectivity index is 0.000000357. The number of rotatable bonds is 4. The number of carbonyl (C=O) groups excluding carboxylic acids is 2. The molecular formula is C40H46F2N6O4. The molecule has 3 aliphatic rings. The lowest BCUT2D eigenvalue weighted by molar-refractivity contribution is -0.128. The number of likely N-dealkylation sites (tertiary alicyclic amines) is 2. The highest BCUT2D eigenvalue weighted by Gasteiger charge is 2.40. The van der Waals surface area contributed by atoms with Crippen LogP contribution >= 0.6 is 0 Å². The summed E-state index contributed by atoms with van der Waals surface area (Å²) < 4.78 is 41.9. The highest BCUT2D eigenvalue weighted by molar-refractivity contribution is 6.02. The third-order valence-corrected chi connectivity index (χ3v) is 10.6. The molecule has 274 valence electrons. The van der Waals surface area contributed by atoms with Gasteiger partial charge in [-0.3, -0.25) is 9.78 Å². The monoisotopic (exact) mass is 712 g/mol. The SMILES string of the molecule is C#Cc1c(F)ccc2cccc(-c3ncc4c(N(C)C5CCN(C(=O)OC(C)(C)C)C5C)nc(OC)nc4c3F)c12.CC(=O)N1CC2CCCC2C1. The number of amides is 2. The van der Waals surface area contributed by atoms with Crippen LogP contribution in [0.5, 0.6) is 6.01 Å². The van der Waals surface area contributed by atoms with E-state index in [9.17, 15) is 14.0 Å². The van der Waals surface area contributed by atoms with Gasteiger partial charge < -0.3 is 24.2 Å². The molecule has 2 aromatic heterocycles. The molecular weight excluding hydrogens is 666 g/mol. The molecule has 0 N–H and O–H groups in total. The van der Waals surface area contributed by atoms with Crippen LogP contribution in [0.25, 0.3) is 32.9 Å². The summed E-state index contributed by atoms with van der Waals surface area (Å²) in [5, 5.41) is 1.41. The second-order valence-electron chi connectivity index (χ2n) is 14.9. The lowest BCUT2D eigenvalue weighted by Gasteiger charge is -2.33. The van der Waals surface area contributed by atoms with Gasteiger partial charge in [0.05, 0.1) is 30.1 Å². The van der Waals surface area contributed by atoms with E-state index in [-0.39, 0.29) is 46.9 Å². The number of ether oxygens (including phenoxy) is 2. The van der Waals surface area contributed by atoms with Crippen molar-refractivity contribution in [2.75, 3.05) is 38.7 Å². The predicted molar refractivity (Wildman–Crippen MR) is 197 cm³/mol. The number of nitrogens with zero attached hydrogens (tertiary/aromatic N) is 6. The van der Waals surface area contributed by atoms with Crippen LogP contribution in [0.1, 0.15) is 65.9 Å². The smallest absolute Gasteiger partial charge is 0.410 e. The Bertz CT molecular complexity index is 2050. The maximum Gasteiger partial charge on any atom is 0.410 e. The fourth-order valence-corrected chi connectivity index (χ4v) is 7.93. The number of aromatic nitrogens is 3. The molecule has 2 aliphatic heterocycles. The molecule has 52 heavy (non-hydrogen) atoms. The van der Waals surface area contributed by atoms with Crippen molar-refractivity contribution in [3.63, 3.8) is 0 Å². The standard InChI is InChI=1S/C31H31F2N5O3.C9H15NO/c1-8-19-22(32)13-12-18-10-9-11-20(24(18)19)26-25(33)27-21(16-34-26)28(36-29(35-27)40-7)37(6)23-14-15-38(17(23)2)30(39)41-31(3,4)5;1-7(11)10-5-8-3-2-4-9(8)6-10/h1,9-13,16-17,23H,14-15H2,2-7H3;8-9H,2-6H2,1H3. The number of fused-ring (bicyclic) bond motifs is 3. The molecule has 4 aromatic rings. The summed E-state index contributed by atoms with van der Waals surface area (Å²) in [7, 11) is 3.24. The average Bonchev–Trinajstić information content (AvgIpc) is 3.83. The molecule has 10 nitrogen and oxygen atoms in total. The van der Waals surface area contributed by atoms with Gasteiger partial charge in [0.1, 0.15) is 28.4 Å². The molecule has 1 aliphatic carbocycles.